The molecule has 0 aromatic heterocycles. The van der Waals surface area contributed by atoms with E-state index in [1.54, 1.807) is 0 Å². The van der Waals surface area contributed by atoms with Crippen molar-refractivity contribution >= 4 is 5.91 Å². The van der Waals surface area contributed by atoms with Crippen molar-refractivity contribution in [1.82, 2.24) is 5.32 Å². The van der Waals surface area contributed by atoms with E-state index in [4.69, 9.17) is 0 Å². The molecule has 82 heavy (non-hydrogen) atoms. The van der Waals surface area contributed by atoms with Crippen LogP contribution in [0, 0.1) is 0 Å². The van der Waals surface area contributed by atoms with E-state index in [1.807, 2.05) is 0 Å². The second-order valence-corrected chi connectivity index (χ2v) is 27.1. The Morgan fingerprint density at radius 3 is 0.585 bits per heavy atom. The van der Waals surface area contributed by atoms with E-state index in [-0.39, 0.29) is 0 Å². The summed E-state index contributed by atoms with van der Waals surface area (Å²) in [7, 11) is 0. The number of unbranched alkanes of at least 4 members (excludes halogenated alkanes) is 64. The van der Waals surface area contributed by atoms with Gasteiger partial charge in [0.05, 0.1) is 18.8 Å². The quantitative estimate of drug-likeness (QED) is 0.0390. The summed E-state index contributed by atoms with van der Waals surface area (Å²) in [5, 5.41) is 44.4. The van der Waals surface area contributed by atoms with Gasteiger partial charge in [0.15, 0.2) is 0 Å². The Labute approximate surface area is 515 Å². The Hall–Kier alpha value is -0.690. The Morgan fingerprint density at radius 2 is 0.415 bits per heavy atom. The van der Waals surface area contributed by atoms with Crippen molar-refractivity contribution in [3.8, 4) is 0 Å². The third kappa shape index (κ3) is 63.8. The number of aliphatic hydroxyl groups excluding tert-OH is 4. The molecule has 0 aromatic rings. The van der Waals surface area contributed by atoms with Crippen molar-refractivity contribution in [3.05, 3.63) is 0 Å². The lowest BCUT2D eigenvalue weighted by molar-refractivity contribution is -0.132. The predicted octanol–water partition coefficient (Wildman–Crippen LogP) is 24.1. The van der Waals surface area contributed by atoms with E-state index in [0.29, 0.717) is 12.8 Å². The highest BCUT2D eigenvalue weighted by atomic mass is 16.3. The van der Waals surface area contributed by atoms with Crippen LogP contribution in [0.2, 0.25) is 0 Å². The maximum Gasteiger partial charge on any atom is 0.249 e. The number of carbonyl (C=O) groups excluding carboxylic acids is 1. The highest BCUT2D eigenvalue weighted by molar-refractivity contribution is 5.80. The average Bonchev–Trinajstić information content (AvgIpc) is 3.48. The van der Waals surface area contributed by atoms with Crippen LogP contribution >= 0.6 is 0 Å². The van der Waals surface area contributed by atoms with Gasteiger partial charge in [0.1, 0.15) is 12.2 Å². The molecular formula is C76H153NO5. The van der Waals surface area contributed by atoms with E-state index in [1.165, 1.54) is 385 Å². The van der Waals surface area contributed by atoms with E-state index in [0.717, 1.165) is 38.5 Å². The Kier molecular flexibility index (Phi) is 70.5. The largest absolute Gasteiger partial charge is 0.394 e. The van der Waals surface area contributed by atoms with Crippen LogP contribution in [0.4, 0.5) is 0 Å². The summed E-state index contributed by atoms with van der Waals surface area (Å²) in [4.78, 5) is 12.7. The van der Waals surface area contributed by atoms with Crippen LogP contribution in [0.15, 0.2) is 0 Å². The Morgan fingerprint density at radius 1 is 0.256 bits per heavy atom. The molecule has 0 saturated heterocycles. The predicted molar refractivity (Wildman–Crippen MR) is 362 cm³/mol. The highest BCUT2D eigenvalue weighted by Gasteiger charge is 2.29. The van der Waals surface area contributed by atoms with Gasteiger partial charge in [0.25, 0.3) is 0 Å². The average molecular weight is 1160 g/mol. The molecule has 0 aliphatic rings. The molecular weight excluding hydrogens is 1010 g/mol. The fourth-order valence-electron chi connectivity index (χ4n) is 12.9. The molecule has 5 N–H and O–H groups in total. The molecule has 492 valence electrons. The lowest BCUT2D eigenvalue weighted by Crippen LogP contribution is -2.53. The molecule has 6 heteroatoms. The van der Waals surface area contributed by atoms with Crippen molar-refractivity contribution in [2.24, 2.45) is 0 Å². The minimum absolute atomic E-state index is 0.377. The molecule has 0 rings (SSSR count). The van der Waals surface area contributed by atoms with Gasteiger partial charge >= 0.3 is 0 Å². The van der Waals surface area contributed by atoms with Crippen molar-refractivity contribution in [2.45, 2.75) is 475 Å². The van der Waals surface area contributed by atoms with Crippen molar-refractivity contribution in [1.29, 1.82) is 0 Å². The molecule has 0 bridgehead atoms. The van der Waals surface area contributed by atoms with E-state index < -0.39 is 36.9 Å². The first-order valence-corrected chi connectivity index (χ1v) is 38.4. The van der Waals surface area contributed by atoms with Gasteiger partial charge in [-0.2, -0.15) is 0 Å². The van der Waals surface area contributed by atoms with Crippen molar-refractivity contribution in [3.63, 3.8) is 0 Å². The third-order valence-corrected chi connectivity index (χ3v) is 18.8. The van der Waals surface area contributed by atoms with Crippen LogP contribution in [-0.4, -0.2) is 57.3 Å². The zero-order chi connectivity index (χ0) is 59.4. The van der Waals surface area contributed by atoms with Crippen LogP contribution in [0.1, 0.15) is 450 Å². The van der Waals surface area contributed by atoms with Crippen molar-refractivity contribution in [2.75, 3.05) is 6.61 Å². The summed E-state index contributed by atoms with van der Waals surface area (Å²) in [6.07, 6.45) is 88.4. The number of hydrogen-bond donors (Lipinski definition) is 5. The van der Waals surface area contributed by atoms with Crippen LogP contribution in [-0.2, 0) is 4.79 Å². The summed E-state index contributed by atoms with van der Waals surface area (Å²) < 4.78 is 0. The molecule has 6 nitrogen and oxygen atoms in total. The number of aliphatic hydroxyl groups is 4. The first kappa shape index (κ1) is 81.3. The van der Waals surface area contributed by atoms with Crippen molar-refractivity contribution < 1.29 is 25.2 Å². The van der Waals surface area contributed by atoms with Gasteiger partial charge in [-0.3, -0.25) is 4.79 Å². The van der Waals surface area contributed by atoms with E-state index >= 15 is 0 Å². The number of hydrogen-bond acceptors (Lipinski definition) is 5. The minimum atomic E-state index is -1.26. The first-order valence-electron chi connectivity index (χ1n) is 38.4. The van der Waals surface area contributed by atoms with Gasteiger partial charge in [-0.05, 0) is 12.8 Å². The summed E-state index contributed by atoms with van der Waals surface area (Å²) in [5.41, 5.74) is 0. The maximum absolute atomic E-state index is 12.7. The molecule has 0 heterocycles. The lowest BCUT2D eigenvalue weighted by Gasteiger charge is -2.27. The summed E-state index contributed by atoms with van der Waals surface area (Å²) >= 11 is 0. The molecule has 0 aliphatic heterocycles. The highest BCUT2D eigenvalue weighted by Crippen LogP contribution is 2.21. The topological polar surface area (TPSA) is 110 Å². The van der Waals surface area contributed by atoms with Gasteiger partial charge < -0.3 is 25.7 Å². The van der Waals surface area contributed by atoms with E-state index in [9.17, 15) is 25.2 Å². The SMILES string of the molecule is CCCCCCCCCCCCCCCCCCCCCCCCCCCCCCCCCCCCC(O)C(=O)NC(CO)C(O)C(O)CCCCCCCCCCCCCCCCCCCCCCCCCCCCCCCCCC. The van der Waals surface area contributed by atoms with Crippen LogP contribution < -0.4 is 5.32 Å². The fourth-order valence-corrected chi connectivity index (χ4v) is 12.9. The third-order valence-electron chi connectivity index (χ3n) is 18.8. The molecule has 0 aliphatic carbocycles. The molecule has 4 atom stereocenters. The van der Waals surface area contributed by atoms with E-state index in [2.05, 4.69) is 19.2 Å². The first-order chi connectivity index (χ1) is 40.5. The molecule has 0 fully saturated rings. The monoisotopic (exact) mass is 1160 g/mol. The summed E-state index contributed by atoms with van der Waals surface area (Å²) in [6, 6.07) is -0.983. The number of nitrogens with one attached hydrogen (secondary N) is 1. The van der Waals surface area contributed by atoms with Gasteiger partial charge in [-0.1, -0.05) is 438 Å². The molecule has 0 aromatic carbocycles. The zero-order valence-electron chi connectivity index (χ0n) is 56.3. The minimum Gasteiger partial charge on any atom is -0.394 e. The van der Waals surface area contributed by atoms with Gasteiger partial charge in [0.2, 0.25) is 5.91 Å². The van der Waals surface area contributed by atoms with Gasteiger partial charge in [-0.15, -0.1) is 0 Å². The summed E-state index contributed by atoms with van der Waals surface area (Å²) in [6.45, 7) is 4.13. The van der Waals surface area contributed by atoms with Crippen LogP contribution in [0.3, 0.4) is 0 Å². The number of amides is 1. The Balaban J connectivity index is 3.47. The molecule has 4 unspecified atom stereocenters. The standard InChI is InChI=1S/C76H153NO5/c1-3-5-7-9-11-13-15-17-19-21-23-25-27-29-31-33-35-37-38-40-42-44-46-48-50-52-54-56-58-60-62-64-66-68-70-74(80)76(82)77-72(71-78)75(81)73(79)69-67-65-63-61-59-57-55-53-51-49-47-45-43-41-39-36-34-32-30-28-26-24-22-20-18-16-14-12-10-8-6-4-2/h72-75,78-81H,3-71H2,1-2H3,(H,77,82). The second kappa shape index (κ2) is 71.1. The zero-order valence-corrected chi connectivity index (χ0v) is 56.3. The van der Waals surface area contributed by atoms with Crippen LogP contribution in [0.25, 0.3) is 0 Å². The number of carbonyl (C=O) groups is 1. The van der Waals surface area contributed by atoms with Gasteiger partial charge in [-0.25, -0.2) is 0 Å². The van der Waals surface area contributed by atoms with Crippen LogP contribution in [0.5, 0.6) is 0 Å². The Bertz CT molecular complexity index is 1170. The van der Waals surface area contributed by atoms with Gasteiger partial charge in [0, 0.05) is 0 Å². The normalized spacial score (nSPS) is 13.3. The maximum atomic E-state index is 12.7. The second-order valence-electron chi connectivity index (χ2n) is 27.1. The fraction of sp³-hybridized carbons (Fsp3) is 0.987. The molecule has 0 radical (unpaired) electrons. The molecule has 0 spiro atoms. The molecule has 1 amide bonds. The smallest absolute Gasteiger partial charge is 0.249 e. The summed E-state index contributed by atoms with van der Waals surface area (Å²) in [5.74, 6) is -0.572. The number of rotatable bonds is 73. The lowest BCUT2D eigenvalue weighted by atomic mass is 9.99. The molecule has 0 saturated carbocycles.